The fourth-order valence-corrected chi connectivity index (χ4v) is 4.76. The van der Waals surface area contributed by atoms with E-state index in [2.05, 4.69) is 13.8 Å². The maximum absolute atomic E-state index is 12.1. The Bertz CT molecular complexity index is 310. The maximum Gasteiger partial charge on any atom is 0.355 e. The van der Waals surface area contributed by atoms with Crippen LogP contribution in [-0.2, 0) is 13.6 Å². The Morgan fingerprint density at radius 3 is 2.67 bits per heavy atom. The van der Waals surface area contributed by atoms with Crippen molar-refractivity contribution in [1.29, 1.82) is 0 Å². The van der Waals surface area contributed by atoms with E-state index in [4.69, 9.17) is 9.05 Å². The predicted molar refractivity (Wildman–Crippen MR) is 65.2 cm³/mol. The summed E-state index contributed by atoms with van der Waals surface area (Å²) in [6.45, 7) is 10.3. The zero-order valence-corrected chi connectivity index (χ0v) is 11.7. The van der Waals surface area contributed by atoms with Crippen molar-refractivity contribution in [3.8, 4) is 0 Å². The molecule has 5 heteroatoms. The first-order chi connectivity index (χ1) is 6.79. The second-order valence-electron chi connectivity index (χ2n) is 4.22. The van der Waals surface area contributed by atoms with Crippen molar-refractivity contribution < 1.29 is 13.6 Å². The average Bonchev–Trinajstić information content (AvgIpc) is 2.20. The molecule has 1 rings (SSSR count). The van der Waals surface area contributed by atoms with E-state index in [9.17, 15) is 4.57 Å². The maximum atomic E-state index is 12.1. The average molecular weight is 250 g/mol. The van der Waals surface area contributed by atoms with Gasteiger partial charge in [-0.25, -0.2) is 0 Å². The van der Waals surface area contributed by atoms with Gasteiger partial charge in [-0.15, -0.1) is 11.8 Å². The topological polar surface area (TPSA) is 35.5 Å². The van der Waals surface area contributed by atoms with Crippen LogP contribution in [0.3, 0.4) is 0 Å². The first kappa shape index (κ1) is 13.3. The molecule has 0 amide bonds. The van der Waals surface area contributed by atoms with Gasteiger partial charge in [-0.2, -0.15) is 0 Å². The molecule has 15 heavy (non-hydrogen) atoms. The van der Waals surface area contributed by atoms with Gasteiger partial charge in [0.05, 0.1) is 6.61 Å². The Morgan fingerprint density at radius 1 is 1.60 bits per heavy atom. The summed E-state index contributed by atoms with van der Waals surface area (Å²) in [7, 11) is -2.99. The molecule has 0 aromatic carbocycles. The minimum atomic E-state index is -2.99. The van der Waals surface area contributed by atoms with Crippen molar-refractivity contribution in [1.82, 2.24) is 0 Å². The molecule has 0 aliphatic carbocycles. The number of rotatable bonds is 4. The lowest BCUT2D eigenvalue weighted by Crippen LogP contribution is -2.20. The predicted octanol–water partition coefficient (Wildman–Crippen LogP) is 4.01. The summed E-state index contributed by atoms with van der Waals surface area (Å²) in [5.41, 5.74) is -0.486. The minimum Gasteiger partial charge on any atom is -0.306 e. The molecule has 0 radical (unpaired) electrons. The molecule has 0 aromatic rings. The van der Waals surface area contributed by atoms with Gasteiger partial charge in [0.15, 0.2) is 0 Å². The van der Waals surface area contributed by atoms with E-state index in [0.717, 1.165) is 4.91 Å². The van der Waals surface area contributed by atoms with E-state index < -0.39 is 13.2 Å². The van der Waals surface area contributed by atoms with Gasteiger partial charge in [-0.1, -0.05) is 13.8 Å². The van der Waals surface area contributed by atoms with Crippen LogP contribution in [0.1, 0.15) is 34.6 Å². The lowest BCUT2D eigenvalue weighted by atomic mass is 10.1. The van der Waals surface area contributed by atoms with Crippen molar-refractivity contribution in [2.75, 3.05) is 6.61 Å². The third-order valence-corrected chi connectivity index (χ3v) is 5.31. The molecule has 1 aliphatic rings. The molecule has 0 N–H and O–H groups in total. The van der Waals surface area contributed by atoms with Crippen molar-refractivity contribution >= 4 is 19.4 Å². The highest BCUT2D eigenvalue weighted by Gasteiger charge is 2.42. The molecule has 0 fully saturated rings. The van der Waals surface area contributed by atoms with E-state index in [-0.39, 0.29) is 0 Å². The Hall–Kier alpha value is 0.240. The summed E-state index contributed by atoms with van der Waals surface area (Å²) in [4.78, 5) is 1.01. The summed E-state index contributed by atoms with van der Waals surface area (Å²) in [6.07, 6.45) is 0. The molecule has 0 saturated carbocycles. The van der Waals surface area contributed by atoms with Crippen LogP contribution in [0.15, 0.2) is 10.7 Å². The number of hydrogen-bond donors (Lipinski definition) is 0. The molecule has 1 heterocycles. The largest absolute Gasteiger partial charge is 0.355 e. The number of thioether (sulfide) groups is 1. The first-order valence-electron chi connectivity index (χ1n) is 5.14. The zero-order valence-electron chi connectivity index (χ0n) is 9.94. The first-order valence-corrected chi connectivity index (χ1v) is 7.63. The van der Waals surface area contributed by atoms with Gasteiger partial charge < -0.3 is 4.52 Å². The van der Waals surface area contributed by atoms with Gasteiger partial charge in [0.2, 0.25) is 0 Å². The zero-order chi connectivity index (χ0) is 11.7. The van der Waals surface area contributed by atoms with Gasteiger partial charge in [-0.3, -0.25) is 9.09 Å². The van der Waals surface area contributed by atoms with Crippen LogP contribution < -0.4 is 0 Å². The van der Waals surface area contributed by atoms with Gasteiger partial charge in [-0.05, 0) is 20.8 Å². The fraction of sp³-hybridized carbons (Fsp3) is 0.800. The highest BCUT2D eigenvalue weighted by atomic mass is 32.2. The summed E-state index contributed by atoms with van der Waals surface area (Å²) < 4.78 is 22.8. The van der Waals surface area contributed by atoms with Crippen LogP contribution in [0.5, 0.6) is 0 Å². The third kappa shape index (κ3) is 3.35. The highest BCUT2D eigenvalue weighted by Crippen LogP contribution is 2.62. The van der Waals surface area contributed by atoms with E-state index in [0.29, 0.717) is 11.9 Å². The summed E-state index contributed by atoms with van der Waals surface area (Å²) in [5.74, 6) is 1.67. The van der Waals surface area contributed by atoms with Crippen LogP contribution >= 0.6 is 19.4 Å². The standard InChI is InChI=1S/C10H19O3PS/c1-6-12-14(11)7-9(15-8(2)3)10(4,5)13-14/h7-8H,6H2,1-5H3. The van der Waals surface area contributed by atoms with Crippen molar-refractivity contribution in [3.63, 3.8) is 0 Å². The molecule has 3 nitrogen and oxygen atoms in total. The van der Waals surface area contributed by atoms with Crippen LogP contribution in [-0.4, -0.2) is 17.5 Å². The minimum absolute atomic E-state index is 0.406. The molecule has 0 bridgehead atoms. The lowest BCUT2D eigenvalue weighted by Gasteiger charge is -2.23. The third-order valence-electron chi connectivity index (χ3n) is 1.90. The molecule has 0 spiro atoms. The molecular formula is C10H19O3PS. The molecule has 88 valence electrons. The lowest BCUT2D eigenvalue weighted by molar-refractivity contribution is 0.134. The Kier molecular flexibility index (Phi) is 4.10. The summed E-state index contributed by atoms with van der Waals surface area (Å²) in [5, 5.41) is 0.451. The summed E-state index contributed by atoms with van der Waals surface area (Å²) in [6, 6.07) is 0. The number of hydrogen-bond acceptors (Lipinski definition) is 4. The SMILES string of the molecule is CCOP1(=O)C=C(SC(C)C)C(C)(C)O1. The van der Waals surface area contributed by atoms with Crippen LogP contribution in [0.2, 0.25) is 0 Å². The van der Waals surface area contributed by atoms with Crippen molar-refractivity contribution in [2.24, 2.45) is 0 Å². The van der Waals surface area contributed by atoms with E-state index in [1.54, 1.807) is 17.6 Å². The second kappa shape index (κ2) is 4.62. The Labute approximate surface area is 96.1 Å². The molecule has 0 aromatic heterocycles. The van der Waals surface area contributed by atoms with Gasteiger partial charge in [0.1, 0.15) is 5.60 Å². The molecule has 0 saturated heterocycles. The molecule has 1 atom stereocenters. The molecular weight excluding hydrogens is 231 g/mol. The van der Waals surface area contributed by atoms with Gasteiger partial charge in [0, 0.05) is 16.0 Å². The summed E-state index contributed by atoms with van der Waals surface area (Å²) >= 11 is 1.68. The van der Waals surface area contributed by atoms with E-state index >= 15 is 0 Å². The van der Waals surface area contributed by atoms with E-state index in [1.807, 2.05) is 20.8 Å². The quantitative estimate of drug-likeness (QED) is 0.706. The smallest absolute Gasteiger partial charge is 0.306 e. The molecule has 1 aliphatic heterocycles. The van der Waals surface area contributed by atoms with Crippen LogP contribution in [0.25, 0.3) is 0 Å². The Morgan fingerprint density at radius 2 is 2.20 bits per heavy atom. The van der Waals surface area contributed by atoms with Crippen LogP contribution in [0, 0.1) is 0 Å². The van der Waals surface area contributed by atoms with Crippen molar-refractivity contribution in [3.05, 3.63) is 10.7 Å². The van der Waals surface area contributed by atoms with Crippen molar-refractivity contribution in [2.45, 2.75) is 45.5 Å². The normalized spacial score (nSPS) is 29.6. The Balaban J connectivity index is 2.87. The second-order valence-corrected chi connectivity index (χ2v) is 7.62. The van der Waals surface area contributed by atoms with Crippen LogP contribution in [0.4, 0.5) is 0 Å². The fourth-order valence-electron chi connectivity index (χ4n) is 1.36. The van der Waals surface area contributed by atoms with Gasteiger partial charge >= 0.3 is 7.60 Å². The monoisotopic (exact) mass is 250 g/mol. The molecule has 1 unspecified atom stereocenters. The highest BCUT2D eigenvalue weighted by molar-refractivity contribution is 8.04. The van der Waals surface area contributed by atoms with E-state index in [1.165, 1.54) is 0 Å². The van der Waals surface area contributed by atoms with Gasteiger partial charge in [0.25, 0.3) is 0 Å².